The van der Waals surface area contributed by atoms with Crippen LogP contribution in [0.25, 0.3) is 11.3 Å². The molecule has 3 atom stereocenters. The fourth-order valence-electron chi connectivity index (χ4n) is 4.74. The van der Waals surface area contributed by atoms with Gasteiger partial charge in [-0.25, -0.2) is 9.97 Å². The zero-order valence-corrected chi connectivity index (χ0v) is 16.8. The Hall–Kier alpha value is -2.50. The summed E-state index contributed by atoms with van der Waals surface area (Å²) >= 11 is 0. The molecule has 2 aromatic heterocycles. The molecule has 2 aromatic rings. The molecule has 3 fully saturated rings. The summed E-state index contributed by atoms with van der Waals surface area (Å²) in [7, 11) is 0. The van der Waals surface area contributed by atoms with Gasteiger partial charge in [0.05, 0.1) is 12.2 Å². The number of aromatic nitrogens is 3. The number of rotatable bonds is 6. The molecule has 0 radical (unpaired) electrons. The third-order valence-corrected chi connectivity index (χ3v) is 6.33. The number of ether oxygens (including phenoxy) is 1. The molecule has 1 saturated heterocycles. The molecule has 1 aliphatic heterocycles. The molecule has 3 aliphatic rings. The van der Waals surface area contributed by atoms with E-state index in [1.807, 2.05) is 4.57 Å². The van der Waals surface area contributed by atoms with Crippen LogP contribution in [0.5, 0.6) is 5.75 Å². The highest BCUT2D eigenvalue weighted by Gasteiger charge is 2.58. The van der Waals surface area contributed by atoms with Crippen LogP contribution in [0.4, 0.5) is 32.2 Å². The second-order valence-corrected chi connectivity index (χ2v) is 8.88. The van der Waals surface area contributed by atoms with Crippen LogP contribution in [0, 0.1) is 17.8 Å². The summed E-state index contributed by atoms with van der Waals surface area (Å²) in [6.07, 6.45) is -3.11. The van der Waals surface area contributed by atoms with Crippen LogP contribution in [0.3, 0.4) is 0 Å². The zero-order valence-electron chi connectivity index (χ0n) is 16.8. The Morgan fingerprint density at radius 3 is 2.38 bits per heavy atom. The van der Waals surface area contributed by atoms with Crippen molar-refractivity contribution in [2.45, 2.75) is 37.8 Å². The van der Waals surface area contributed by atoms with Gasteiger partial charge in [0.15, 0.2) is 11.6 Å². The highest BCUT2D eigenvalue weighted by atomic mass is 19.4. The lowest BCUT2D eigenvalue weighted by molar-refractivity contribution is -0.274. The molecule has 2 N–H and O–H groups in total. The number of hydrogen-bond acceptors (Lipinski definition) is 5. The smallest absolute Gasteiger partial charge is 0.402 e. The lowest BCUT2D eigenvalue weighted by Crippen LogP contribution is -2.34. The van der Waals surface area contributed by atoms with E-state index >= 15 is 0 Å². The first-order valence-corrected chi connectivity index (χ1v) is 10.4. The van der Waals surface area contributed by atoms with Crippen molar-refractivity contribution in [3.05, 3.63) is 24.3 Å². The fraction of sp³-hybridized carbons (Fsp3) is 0.600. The Labute approximate surface area is 179 Å². The maximum atomic E-state index is 12.7. The van der Waals surface area contributed by atoms with Gasteiger partial charge in [-0.2, -0.15) is 13.2 Å². The van der Waals surface area contributed by atoms with Crippen LogP contribution in [0.15, 0.2) is 18.5 Å². The van der Waals surface area contributed by atoms with E-state index in [0.29, 0.717) is 30.3 Å². The minimum atomic E-state index is -4.90. The second kappa shape index (κ2) is 7.26. The number of pyridine rings is 1. The maximum absolute atomic E-state index is 12.7. The monoisotopic (exact) mass is 461 g/mol. The summed E-state index contributed by atoms with van der Waals surface area (Å²) in [5, 5.41) is 0. The van der Waals surface area contributed by atoms with Crippen molar-refractivity contribution in [1.29, 1.82) is 0 Å². The van der Waals surface area contributed by atoms with Crippen LogP contribution < -0.4 is 10.5 Å². The average Bonchev–Trinajstić information content (AvgIpc) is 3.50. The predicted molar refractivity (Wildman–Crippen MR) is 101 cm³/mol. The second-order valence-electron chi connectivity index (χ2n) is 8.88. The third kappa shape index (κ3) is 4.50. The zero-order chi connectivity index (χ0) is 22.8. The lowest BCUT2D eigenvalue weighted by Gasteiger charge is -2.21. The lowest BCUT2D eigenvalue weighted by atomic mass is 10.2. The van der Waals surface area contributed by atoms with Gasteiger partial charge in [0.25, 0.3) is 0 Å². The summed E-state index contributed by atoms with van der Waals surface area (Å²) in [5.74, 6) is 0.568. The number of alkyl halides is 6. The Balaban J connectivity index is 1.38. The number of piperidine rings is 1. The molecule has 6 nitrogen and oxygen atoms in total. The summed E-state index contributed by atoms with van der Waals surface area (Å²) < 4.78 is 82.0. The molecule has 0 aromatic carbocycles. The maximum Gasteiger partial charge on any atom is 0.573 e. The van der Waals surface area contributed by atoms with Crippen molar-refractivity contribution in [2.75, 3.05) is 25.4 Å². The number of imidazole rings is 1. The van der Waals surface area contributed by atoms with E-state index in [4.69, 9.17) is 5.73 Å². The quantitative estimate of drug-likeness (QED) is 0.658. The van der Waals surface area contributed by atoms with Crippen LogP contribution in [0.2, 0.25) is 0 Å². The predicted octanol–water partition coefficient (Wildman–Crippen LogP) is 4.04. The highest BCUT2D eigenvalue weighted by molar-refractivity contribution is 5.64. The van der Waals surface area contributed by atoms with Gasteiger partial charge < -0.3 is 15.0 Å². The molecule has 0 bridgehead atoms. The topological polar surface area (TPSA) is 69.2 Å². The largest absolute Gasteiger partial charge is 0.573 e. The molecular weight excluding hydrogens is 440 g/mol. The minimum absolute atomic E-state index is 0.0575. The fourth-order valence-corrected chi connectivity index (χ4v) is 4.74. The number of fused-ring (bicyclic) bond motifs is 1. The first-order chi connectivity index (χ1) is 15.0. The van der Waals surface area contributed by atoms with Crippen LogP contribution in [-0.4, -0.2) is 51.6 Å². The third-order valence-electron chi connectivity index (χ3n) is 6.33. The molecule has 0 spiro atoms. The molecule has 174 valence electrons. The van der Waals surface area contributed by atoms with E-state index < -0.39 is 24.8 Å². The first-order valence-electron chi connectivity index (χ1n) is 10.4. The average molecular weight is 461 g/mol. The van der Waals surface area contributed by atoms with Gasteiger partial charge in [-0.3, -0.25) is 4.90 Å². The molecule has 0 amide bonds. The molecular formula is C20H21F6N5O. The van der Waals surface area contributed by atoms with Crippen molar-refractivity contribution in [2.24, 2.45) is 17.8 Å². The van der Waals surface area contributed by atoms with Crippen LogP contribution >= 0.6 is 0 Å². The SMILES string of the molecule is Nc1ncc(-c2cn([C@@H]3[C@@H]4CN(CC(F)(F)F)C[C@@H]43)c(CC3CC3)n2)cc1OC(F)(F)F. The van der Waals surface area contributed by atoms with Crippen molar-refractivity contribution in [1.82, 2.24) is 19.4 Å². The standard InChI is InChI=1S/C20H21F6N5O/c21-19(22,23)9-30-6-12-13(7-30)17(12)31-8-14(29-16(31)3-10-1-2-10)11-4-15(18(27)28-5-11)32-20(24,25)26/h4-5,8,10,12-13,17H,1-3,6-7,9H2,(H2,27,28)/t12-,13+,17-. The van der Waals surface area contributed by atoms with E-state index in [9.17, 15) is 26.3 Å². The Morgan fingerprint density at radius 1 is 1.09 bits per heavy atom. The van der Waals surface area contributed by atoms with E-state index in [1.165, 1.54) is 11.1 Å². The number of likely N-dealkylation sites (tertiary alicyclic amines) is 1. The number of nitrogen functional groups attached to an aromatic ring is 1. The molecule has 12 heteroatoms. The number of nitrogens with zero attached hydrogens (tertiary/aromatic N) is 4. The minimum Gasteiger partial charge on any atom is -0.402 e. The Morgan fingerprint density at radius 2 is 1.78 bits per heavy atom. The van der Waals surface area contributed by atoms with Crippen molar-refractivity contribution in [3.63, 3.8) is 0 Å². The van der Waals surface area contributed by atoms with Crippen LogP contribution in [0.1, 0.15) is 24.7 Å². The number of hydrogen-bond donors (Lipinski definition) is 1. The first kappa shape index (κ1) is 21.4. The van der Waals surface area contributed by atoms with Gasteiger partial charge in [-0.05, 0) is 36.7 Å². The molecule has 2 aliphatic carbocycles. The number of anilines is 1. The molecule has 32 heavy (non-hydrogen) atoms. The van der Waals surface area contributed by atoms with Gasteiger partial charge in [0, 0.05) is 43.5 Å². The number of nitrogens with two attached hydrogens (primary N) is 1. The van der Waals surface area contributed by atoms with Crippen molar-refractivity contribution < 1.29 is 31.1 Å². The van der Waals surface area contributed by atoms with Gasteiger partial charge in [0.2, 0.25) is 0 Å². The Bertz CT molecular complexity index is 1000. The van der Waals surface area contributed by atoms with E-state index in [-0.39, 0.29) is 23.7 Å². The van der Waals surface area contributed by atoms with Gasteiger partial charge in [-0.1, -0.05) is 0 Å². The molecule has 3 heterocycles. The van der Waals surface area contributed by atoms with E-state index in [1.54, 1.807) is 6.20 Å². The highest BCUT2D eigenvalue weighted by Crippen LogP contribution is 2.56. The summed E-state index contributed by atoms with van der Waals surface area (Å²) in [4.78, 5) is 9.88. The summed E-state index contributed by atoms with van der Waals surface area (Å²) in [6.45, 7) is -0.160. The van der Waals surface area contributed by atoms with Crippen molar-refractivity contribution >= 4 is 5.82 Å². The number of halogens is 6. The summed E-state index contributed by atoms with van der Waals surface area (Å²) in [5.41, 5.74) is 6.29. The van der Waals surface area contributed by atoms with E-state index in [0.717, 1.165) is 31.2 Å². The summed E-state index contributed by atoms with van der Waals surface area (Å²) in [6, 6.07) is 1.21. The molecule has 5 rings (SSSR count). The van der Waals surface area contributed by atoms with Gasteiger partial charge >= 0.3 is 12.5 Å². The molecule has 0 unspecified atom stereocenters. The normalized spacial score (nSPS) is 25.8. The van der Waals surface area contributed by atoms with Crippen LogP contribution in [-0.2, 0) is 6.42 Å². The molecule has 2 saturated carbocycles. The van der Waals surface area contributed by atoms with E-state index in [2.05, 4.69) is 14.7 Å². The Kier molecular flexibility index (Phi) is 4.84. The van der Waals surface area contributed by atoms with Gasteiger partial charge in [-0.15, -0.1) is 13.2 Å². The van der Waals surface area contributed by atoms with Crippen molar-refractivity contribution in [3.8, 4) is 17.0 Å². The van der Waals surface area contributed by atoms with Gasteiger partial charge in [0.1, 0.15) is 5.82 Å².